The molecular formula is C25H30N2O6. The number of fused-ring (bicyclic) bond motifs is 3. The van der Waals surface area contributed by atoms with Crippen molar-refractivity contribution in [3.8, 4) is 11.1 Å². The average molecular weight is 455 g/mol. The number of benzene rings is 2. The number of nitrogens with one attached hydrogen (secondary N) is 2. The minimum atomic E-state index is -1.56. The molecule has 3 rings (SSSR count). The van der Waals surface area contributed by atoms with Crippen LogP contribution < -0.4 is 10.6 Å². The first kappa shape index (κ1) is 24.3. The van der Waals surface area contributed by atoms with Gasteiger partial charge in [0.15, 0.2) is 6.10 Å². The third-order valence-electron chi connectivity index (χ3n) is 5.74. The Kier molecular flexibility index (Phi) is 7.38. The molecule has 0 unspecified atom stereocenters. The van der Waals surface area contributed by atoms with E-state index in [0.29, 0.717) is 0 Å². The lowest BCUT2D eigenvalue weighted by atomic mass is 9.86. The van der Waals surface area contributed by atoms with Crippen molar-refractivity contribution in [3.63, 3.8) is 0 Å². The van der Waals surface area contributed by atoms with E-state index in [0.717, 1.165) is 22.3 Å². The molecule has 2 aromatic rings. The van der Waals surface area contributed by atoms with Gasteiger partial charge in [-0.2, -0.15) is 0 Å². The van der Waals surface area contributed by atoms with Crippen LogP contribution in [-0.2, 0) is 14.3 Å². The van der Waals surface area contributed by atoms with Crippen molar-refractivity contribution in [2.45, 2.75) is 45.3 Å². The maximum absolute atomic E-state index is 12.7. The molecule has 33 heavy (non-hydrogen) atoms. The fraction of sp³-hybridized carbons (Fsp3) is 0.400. The molecule has 0 radical (unpaired) electrons. The minimum Gasteiger partial charge on any atom is -0.479 e. The van der Waals surface area contributed by atoms with Gasteiger partial charge in [0.25, 0.3) is 0 Å². The Hall–Kier alpha value is -3.39. The van der Waals surface area contributed by atoms with Gasteiger partial charge in [-0.15, -0.1) is 0 Å². The van der Waals surface area contributed by atoms with Crippen molar-refractivity contribution in [1.29, 1.82) is 0 Å². The second-order valence-electron chi connectivity index (χ2n) is 9.20. The fourth-order valence-corrected chi connectivity index (χ4v) is 3.99. The van der Waals surface area contributed by atoms with E-state index in [9.17, 15) is 19.5 Å². The summed E-state index contributed by atoms with van der Waals surface area (Å²) in [6.07, 6.45) is -2.41. The SMILES string of the molecule is CC(C)(C)[C@@H](NC(=O)OCC1c2ccccc2-c2ccccc21)C(=O)NCC[C@H](O)C(=O)O. The molecule has 1 aliphatic carbocycles. The second-order valence-corrected chi connectivity index (χ2v) is 9.20. The Labute approximate surface area is 193 Å². The molecule has 0 spiro atoms. The standard InChI is InChI=1S/C25H30N2O6/c1-25(2,3)21(22(29)26-13-12-20(28)23(30)31)27-24(32)33-14-19-17-10-6-4-8-15(17)16-9-5-7-11-18(16)19/h4-11,19-21,28H,12-14H2,1-3H3,(H,26,29)(H,27,32)(H,30,31)/t20-,21-/m0/s1. The number of carboxylic acids is 1. The van der Waals surface area contributed by atoms with E-state index in [1.165, 1.54) is 0 Å². The van der Waals surface area contributed by atoms with Crippen molar-refractivity contribution in [2.24, 2.45) is 5.41 Å². The number of carbonyl (C=O) groups is 3. The van der Waals surface area contributed by atoms with E-state index in [1.807, 2.05) is 36.4 Å². The normalized spacial score (nSPS) is 14.5. The zero-order chi connectivity index (χ0) is 24.2. The monoisotopic (exact) mass is 454 g/mol. The van der Waals surface area contributed by atoms with Crippen molar-refractivity contribution in [1.82, 2.24) is 10.6 Å². The summed E-state index contributed by atoms with van der Waals surface area (Å²) in [6, 6.07) is 15.1. The number of aliphatic carboxylic acids is 1. The van der Waals surface area contributed by atoms with Crippen molar-refractivity contribution < 1.29 is 29.3 Å². The Morgan fingerprint density at radius 2 is 1.55 bits per heavy atom. The number of rotatable bonds is 8. The lowest BCUT2D eigenvalue weighted by Gasteiger charge is -2.30. The average Bonchev–Trinajstić information content (AvgIpc) is 3.08. The zero-order valence-corrected chi connectivity index (χ0v) is 19.0. The number of aliphatic hydroxyl groups excluding tert-OH is 1. The van der Waals surface area contributed by atoms with Crippen LogP contribution >= 0.6 is 0 Å². The van der Waals surface area contributed by atoms with Gasteiger partial charge in [0.05, 0.1) is 0 Å². The lowest BCUT2D eigenvalue weighted by Crippen LogP contribution is -2.54. The quantitative estimate of drug-likeness (QED) is 0.486. The van der Waals surface area contributed by atoms with Gasteiger partial charge in [-0.3, -0.25) is 4.79 Å². The molecule has 2 atom stereocenters. The number of alkyl carbamates (subject to hydrolysis) is 1. The number of aliphatic hydroxyl groups is 1. The molecule has 2 amide bonds. The molecule has 0 aromatic heterocycles. The maximum atomic E-state index is 12.7. The molecule has 0 heterocycles. The van der Waals surface area contributed by atoms with Gasteiger partial charge in [-0.1, -0.05) is 69.3 Å². The number of carbonyl (C=O) groups excluding carboxylic acids is 2. The Morgan fingerprint density at radius 1 is 1.00 bits per heavy atom. The highest BCUT2D eigenvalue weighted by molar-refractivity contribution is 5.86. The highest BCUT2D eigenvalue weighted by Gasteiger charge is 2.34. The smallest absolute Gasteiger partial charge is 0.407 e. The summed E-state index contributed by atoms with van der Waals surface area (Å²) in [5.41, 5.74) is 3.80. The molecule has 8 nitrogen and oxygen atoms in total. The third kappa shape index (κ3) is 5.70. The van der Waals surface area contributed by atoms with Gasteiger partial charge >= 0.3 is 12.1 Å². The Balaban J connectivity index is 1.62. The number of hydrogen-bond donors (Lipinski definition) is 4. The first-order valence-electron chi connectivity index (χ1n) is 10.9. The van der Waals surface area contributed by atoms with E-state index in [-0.39, 0.29) is 25.5 Å². The van der Waals surface area contributed by atoms with Gasteiger partial charge in [0.1, 0.15) is 12.6 Å². The molecule has 2 aromatic carbocycles. The van der Waals surface area contributed by atoms with Crippen LogP contribution in [0.4, 0.5) is 4.79 Å². The first-order valence-corrected chi connectivity index (χ1v) is 10.9. The van der Waals surface area contributed by atoms with E-state index < -0.39 is 35.5 Å². The molecule has 0 fully saturated rings. The summed E-state index contributed by atoms with van der Waals surface area (Å²) >= 11 is 0. The van der Waals surface area contributed by atoms with Gasteiger partial charge in [0.2, 0.25) is 5.91 Å². The molecule has 0 saturated carbocycles. The summed E-state index contributed by atoms with van der Waals surface area (Å²) in [7, 11) is 0. The highest BCUT2D eigenvalue weighted by atomic mass is 16.5. The van der Waals surface area contributed by atoms with Gasteiger partial charge in [-0.05, 0) is 27.7 Å². The van der Waals surface area contributed by atoms with E-state index in [4.69, 9.17) is 9.84 Å². The predicted octanol–water partition coefficient (Wildman–Crippen LogP) is 2.89. The number of carboxylic acid groups (broad SMARTS) is 1. The molecule has 176 valence electrons. The molecule has 8 heteroatoms. The van der Waals surface area contributed by atoms with Gasteiger partial charge < -0.3 is 25.6 Å². The lowest BCUT2D eigenvalue weighted by molar-refractivity contribution is -0.147. The van der Waals surface area contributed by atoms with Crippen LogP contribution in [0.5, 0.6) is 0 Å². The predicted molar refractivity (Wildman–Crippen MR) is 123 cm³/mol. The number of ether oxygens (including phenoxy) is 1. The summed E-state index contributed by atoms with van der Waals surface area (Å²) in [6.45, 7) is 5.49. The minimum absolute atomic E-state index is 0.0365. The molecule has 4 N–H and O–H groups in total. The van der Waals surface area contributed by atoms with Crippen LogP contribution in [0.3, 0.4) is 0 Å². The Morgan fingerprint density at radius 3 is 2.06 bits per heavy atom. The highest BCUT2D eigenvalue weighted by Crippen LogP contribution is 2.44. The van der Waals surface area contributed by atoms with E-state index >= 15 is 0 Å². The molecule has 0 bridgehead atoms. The van der Waals surface area contributed by atoms with Crippen molar-refractivity contribution in [2.75, 3.05) is 13.2 Å². The third-order valence-corrected chi connectivity index (χ3v) is 5.74. The number of amides is 2. The summed E-state index contributed by atoms with van der Waals surface area (Å²) in [5, 5.41) is 23.3. The fourth-order valence-electron chi connectivity index (χ4n) is 3.99. The van der Waals surface area contributed by atoms with E-state index in [2.05, 4.69) is 22.8 Å². The summed E-state index contributed by atoms with van der Waals surface area (Å²) < 4.78 is 5.54. The topological polar surface area (TPSA) is 125 Å². The maximum Gasteiger partial charge on any atom is 0.407 e. The van der Waals surface area contributed by atoms with Gasteiger partial charge in [-0.25, -0.2) is 9.59 Å². The summed E-state index contributed by atoms with van der Waals surface area (Å²) in [4.78, 5) is 36.0. The molecule has 0 saturated heterocycles. The summed E-state index contributed by atoms with van der Waals surface area (Å²) in [5.74, 6) is -1.93. The van der Waals surface area contributed by atoms with Crippen LogP contribution in [0.2, 0.25) is 0 Å². The van der Waals surface area contributed by atoms with Crippen molar-refractivity contribution >= 4 is 18.0 Å². The van der Waals surface area contributed by atoms with Crippen LogP contribution in [0, 0.1) is 5.41 Å². The first-order chi connectivity index (χ1) is 15.6. The molecule has 0 aliphatic heterocycles. The number of hydrogen-bond acceptors (Lipinski definition) is 5. The van der Waals surface area contributed by atoms with Crippen LogP contribution in [-0.4, -0.2) is 53.5 Å². The van der Waals surface area contributed by atoms with Crippen LogP contribution in [0.1, 0.15) is 44.2 Å². The van der Waals surface area contributed by atoms with E-state index in [1.54, 1.807) is 20.8 Å². The van der Waals surface area contributed by atoms with Crippen LogP contribution in [0.25, 0.3) is 11.1 Å². The largest absolute Gasteiger partial charge is 0.479 e. The van der Waals surface area contributed by atoms with Gasteiger partial charge in [0, 0.05) is 18.9 Å². The second kappa shape index (κ2) is 10.0. The zero-order valence-electron chi connectivity index (χ0n) is 19.0. The molecular weight excluding hydrogens is 424 g/mol. The molecule has 1 aliphatic rings. The Bertz CT molecular complexity index is 984. The van der Waals surface area contributed by atoms with Crippen molar-refractivity contribution in [3.05, 3.63) is 59.7 Å². The van der Waals surface area contributed by atoms with Crippen LogP contribution in [0.15, 0.2) is 48.5 Å².